The first-order valence-electron chi connectivity index (χ1n) is 7.45. The van der Waals surface area contributed by atoms with E-state index in [2.05, 4.69) is 0 Å². The van der Waals surface area contributed by atoms with Gasteiger partial charge in [0.1, 0.15) is 17.1 Å². The molecular weight excluding hydrogens is 268 g/mol. The Hall–Kier alpha value is -1.75. The molecular formula is C16H24N2O3. The van der Waals surface area contributed by atoms with Crippen LogP contribution in [-0.2, 0) is 0 Å². The van der Waals surface area contributed by atoms with E-state index in [4.69, 9.17) is 15.2 Å². The number of benzene rings is 1. The Morgan fingerprint density at radius 2 is 1.90 bits per heavy atom. The molecule has 5 heteroatoms. The van der Waals surface area contributed by atoms with Crippen LogP contribution in [0.25, 0.3) is 0 Å². The standard InChI is InChI=1S/C16H24N2O3/c1-20-13-8-6-9-14(21-2)15(13)16(19)18-10-5-3-4-7-12(18)11-17/h6,8-9,12H,3-5,7,10-11,17H2,1-2H3. The van der Waals surface area contributed by atoms with Crippen LogP contribution < -0.4 is 15.2 Å². The lowest BCUT2D eigenvalue weighted by Crippen LogP contribution is -2.44. The largest absolute Gasteiger partial charge is 0.496 e. The number of hydrogen-bond acceptors (Lipinski definition) is 4. The fraction of sp³-hybridized carbons (Fsp3) is 0.562. The van der Waals surface area contributed by atoms with Crippen molar-refractivity contribution in [2.45, 2.75) is 31.7 Å². The molecule has 0 aliphatic carbocycles. The molecule has 1 unspecified atom stereocenters. The van der Waals surface area contributed by atoms with Gasteiger partial charge in [0.15, 0.2) is 0 Å². The lowest BCUT2D eigenvalue weighted by atomic mass is 10.1. The quantitative estimate of drug-likeness (QED) is 0.922. The van der Waals surface area contributed by atoms with Crippen LogP contribution in [0.3, 0.4) is 0 Å². The van der Waals surface area contributed by atoms with Gasteiger partial charge in [0.05, 0.1) is 14.2 Å². The van der Waals surface area contributed by atoms with Crippen LogP contribution in [0.2, 0.25) is 0 Å². The number of carbonyl (C=O) groups is 1. The zero-order chi connectivity index (χ0) is 15.2. The highest BCUT2D eigenvalue weighted by molar-refractivity contribution is 6.00. The van der Waals surface area contributed by atoms with Crippen LogP contribution in [0, 0.1) is 0 Å². The number of amides is 1. The number of nitrogens with two attached hydrogens (primary N) is 1. The highest BCUT2D eigenvalue weighted by Crippen LogP contribution is 2.31. The number of likely N-dealkylation sites (tertiary alicyclic amines) is 1. The number of rotatable bonds is 4. The monoisotopic (exact) mass is 292 g/mol. The lowest BCUT2D eigenvalue weighted by molar-refractivity contribution is 0.0682. The smallest absolute Gasteiger partial charge is 0.261 e. The molecule has 5 nitrogen and oxygen atoms in total. The molecule has 0 saturated carbocycles. The third-order valence-electron chi connectivity index (χ3n) is 4.05. The minimum absolute atomic E-state index is 0.0540. The highest BCUT2D eigenvalue weighted by Gasteiger charge is 2.29. The first-order valence-corrected chi connectivity index (χ1v) is 7.45. The summed E-state index contributed by atoms with van der Waals surface area (Å²) >= 11 is 0. The van der Waals surface area contributed by atoms with E-state index in [1.165, 1.54) is 0 Å². The average molecular weight is 292 g/mol. The molecule has 1 aromatic rings. The number of methoxy groups -OCH3 is 2. The summed E-state index contributed by atoms with van der Waals surface area (Å²) in [5.74, 6) is 1.03. The van der Waals surface area contributed by atoms with E-state index in [9.17, 15) is 4.79 Å². The van der Waals surface area contributed by atoms with Gasteiger partial charge in [-0.1, -0.05) is 18.9 Å². The van der Waals surface area contributed by atoms with Crippen molar-refractivity contribution in [1.82, 2.24) is 4.90 Å². The van der Waals surface area contributed by atoms with Gasteiger partial charge in [-0.05, 0) is 25.0 Å². The fourth-order valence-electron chi connectivity index (χ4n) is 2.90. The summed E-state index contributed by atoms with van der Waals surface area (Å²) in [6.07, 6.45) is 4.23. The SMILES string of the molecule is COc1cccc(OC)c1C(=O)N1CCCCCC1CN. The molecule has 1 aliphatic heterocycles. The molecule has 0 spiro atoms. The zero-order valence-corrected chi connectivity index (χ0v) is 12.8. The van der Waals surface area contributed by atoms with Crippen molar-refractivity contribution in [3.8, 4) is 11.5 Å². The molecule has 1 atom stereocenters. The molecule has 116 valence electrons. The fourth-order valence-corrected chi connectivity index (χ4v) is 2.90. The van der Waals surface area contributed by atoms with Crippen molar-refractivity contribution in [3.63, 3.8) is 0 Å². The van der Waals surface area contributed by atoms with Gasteiger partial charge in [-0.15, -0.1) is 0 Å². The summed E-state index contributed by atoms with van der Waals surface area (Å²) in [6, 6.07) is 5.47. The molecule has 1 aliphatic rings. The van der Waals surface area contributed by atoms with Crippen LogP contribution >= 0.6 is 0 Å². The number of nitrogens with zero attached hydrogens (tertiary/aromatic N) is 1. The predicted octanol–water partition coefficient (Wildman–Crippen LogP) is 2.05. The maximum Gasteiger partial charge on any atom is 0.261 e. The van der Waals surface area contributed by atoms with Gasteiger partial charge in [0, 0.05) is 19.1 Å². The zero-order valence-electron chi connectivity index (χ0n) is 12.8. The Morgan fingerprint density at radius 1 is 1.24 bits per heavy atom. The van der Waals surface area contributed by atoms with Gasteiger partial charge in [0.2, 0.25) is 0 Å². The van der Waals surface area contributed by atoms with Crippen LogP contribution in [-0.4, -0.2) is 44.2 Å². The van der Waals surface area contributed by atoms with Crippen molar-refractivity contribution in [2.75, 3.05) is 27.3 Å². The van der Waals surface area contributed by atoms with E-state index in [-0.39, 0.29) is 11.9 Å². The number of ether oxygens (including phenoxy) is 2. The molecule has 1 heterocycles. The van der Waals surface area contributed by atoms with Crippen molar-refractivity contribution >= 4 is 5.91 Å². The second-order valence-electron chi connectivity index (χ2n) is 5.27. The third kappa shape index (κ3) is 3.29. The van der Waals surface area contributed by atoms with E-state index in [0.29, 0.717) is 23.6 Å². The van der Waals surface area contributed by atoms with E-state index < -0.39 is 0 Å². The number of carbonyl (C=O) groups excluding carboxylic acids is 1. The Kier molecular flexibility index (Phi) is 5.44. The highest BCUT2D eigenvalue weighted by atomic mass is 16.5. The molecule has 1 fully saturated rings. The first-order chi connectivity index (χ1) is 10.2. The van der Waals surface area contributed by atoms with Crippen LogP contribution in [0.15, 0.2) is 18.2 Å². The van der Waals surface area contributed by atoms with E-state index in [0.717, 1.165) is 32.2 Å². The van der Waals surface area contributed by atoms with E-state index in [1.54, 1.807) is 26.4 Å². The Bertz CT molecular complexity index is 468. The summed E-state index contributed by atoms with van der Waals surface area (Å²) in [5.41, 5.74) is 6.35. The number of hydrogen-bond donors (Lipinski definition) is 1. The van der Waals surface area contributed by atoms with Crippen LogP contribution in [0.1, 0.15) is 36.0 Å². The molecule has 0 bridgehead atoms. The third-order valence-corrected chi connectivity index (χ3v) is 4.05. The predicted molar refractivity (Wildman–Crippen MR) is 81.9 cm³/mol. The van der Waals surface area contributed by atoms with Gasteiger partial charge in [-0.2, -0.15) is 0 Å². The second-order valence-corrected chi connectivity index (χ2v) is 5.27. The molecule has 0 aromatic heterocycles. The Morgan fingerprint density at radius 3 is 2.48 bits per heavy atom. The maximum atomic E-state index is 13.0. The second kappa shape index (κ2) is 7.31. The van der Waals surface area contributed by atoms with Gasteiger partial charge < -0.3 is 20.1 Å². The summed E-state index contributed by atoms with van der Waals surface area (Å²) in [6.45, 7) is 1.23. The van der Waals surface area contributed by atoms with Crippen molar-refractivity contribution < 1.29 is 14.3 Å². The van der Waals surface area contributed by atoms with Gasteiger partial charge >= 0.3 is 0 Å². The van der Waals surface area contributed by atoms with Crippen molar-refractivity contribution in [2.24, 2.45) is 5.73 Å². The maximum absolute atomic E-state index is 13.0. The first kappa shape index (κ1) is 15.6. The Balaban J connectivity index is 2.37. The molecule has 21 heavy (non-hydrogen) atoms. The molecule has 2 rings (SSSR count). The molecule has 2 N–H and O–H groups in total. The Labute approximate surface area is 126 Å². The summed E-state index contributed by atoms with van der Waals surface area (Å²) in [4.78, 5) is 14.9. The van der Waals surface area contributed by atoms with Crippen molar-refractivity contribution in [1.29, 1.82) is 0 Å². The van der Waals surface area contributed by atoms with Crippen molar-refractivity contribution in [3.05, 3.63) is 23.8 Å². The molecule has 1 aromatic carbocycles. The van der Waals surface area contributed by atoms with Gasteiger partial charge in [-0.3, -0.25) is 4.79 Å². The van der Waals surface area contributed by atoms with E-state index in [1.807, 2.05) is 11.0 Å². The van der Waals surface area contributed by atoms with Crippen LogP contribution in [0.4, 0.5) is 0 Å². The average Bonchev–Trinajstić information content (AvgIpc) is 2.78. The lowest BCUT2D eigenvalue weighted by Gasteiger charge is -2.30. The summed E-state index contributed by atoms with van der Waals surface area (Å²) in [5, 5.41) is 0. The summed E-state index contributed by atoms with van der Waals surface area (Å²) in [7, 11) is 3.13. The molecule has 1 amide bonds. The van der Waals surface area contributed by atoms with Gasteiger partial charge in [-0.25, -0.2) is 0 Å². The topological polar surface area (TPSA) is 64.8 Å². The van der Waals surface area contributed by atoms with E-state index >= 15 is 0 Å². The van der Waals surface area contributed by atoms with Gasteiger partial charge in [0.25, 0.3) is 5.91 Å². The molecule has 1 saturated heterocycles. The minimum atomic E-state index is -0.0540. The normalized spacial score (nSPS) is 19.0. The summed E-state index contributed by atoms with van der Waals surface area (Å²) < 4.78 is 10.7. The minimum Gasteiger partial charge on any atom is -0.496 e. The molecule has 0 radical (unpaired) electrons. The van der Waals surface area contributed by atoms with Crippen LogP contribution in [0.5, 0.6) is 11.5 Å².